The van der Waals surface area contributed by atoms with E-state index in [1.54, 1.807) is 34.6 Å². The largest absolute Gasteiger partial charge is 0.490 e. The van der Waals surface area contributed by atoms with Crippen molar-refractivity contribution < 1.29 is 17.9 Å². The highest BCUT2D eigenvalue weighted by Crippen LogP contribution is 2.26. The molecule has 2 atom stereocenters. The van der Waals surface area contributed by atoms with Gasteiger partial charge < -0.3 is 15.4 Å². The highest BCUT2D eigenvalue weighted by molar-refractivity contribution is 7.89. The average molecular weight is 501 g/mol. The number of rotatable bonds is 7. The van der Waals surface area contributed by atoms with Gasteiger partial charge in [0, 0.05) is 36.9 Å². The molecule has 4 rings (SSSR count). The van der Waals surface area contributed by atoms with Gasteiger partial charge in [-0.1, -0.05) is 24.3 Å². The molecule has 0 aliphatic carbocycles. The fourth-order valence-corrected chi connectivity index (χ4v) is 6.87. The number of aryl methyl sites for hydroxylation is 1. The number of nitrogens with one attached hydrogen (secondary N) is 2. The third-order valence-corrected chi connectivity index (χ3v) is 8.81. The number of ether oxygens (including phenoxy) is 1. The Balaban J connectivity index is 1.36. The Kier molecular flexibility index (Phi) is 8.11. The van der Waals surface area contributed by atoms with Crippen molar-refractivity contribution in [3.05, 3.63) is 54.1 Å². The lowest BCUT2D eigenvalue weighted by atomic mass is 10.1. The molecule has 2 saturated heterocycles. The van der Waals surface area contributed by atoms with E-state index in [-0.39, 0.29) is 30.6 Å². The topological polar surface area (TPSA) is 91.0 Å². The summed E-state index contributed by atoms with van der Waals surface area (Å²) in [6.07, 6.45) is 2.13. The van der Waals surface area contributed by atoms with E-state index in [1.165, 1.54) is 0 Å². The number of nitrogens with zero attached hydrogens (tertiary/aromatic N) is 2. The van der Waals surface area contributed by atoms with Crippen LogP contribution in [0.25, 0.3) is 0 Å². The molecule has 2 fully saturated rings. The van der Waals surface area contributed by atoms with Crippen molar-refractivity contribution >= 4 is 21.6 Å². The van der Waals surface area contributed by atoms with Crippen LogP contribution in [0.5, 0.6) is 5.75 Å². The van der Waals surface area contributed by atoms with Crippen molar-refractivity contribution in [3.63, 3.8) is 0 Å². The lowest BCUT2D eigenvalue weighted by molar-refractivity contribution is -0.118. The van der Waals surface area contributed by atoms with Crippen LogP contribution in [0.4, 0.5) is 5.69 Å². The molecule has 8 nitrogen and oxygen atoms in total. The minimum absolute atomic E-state index is 0.120. The summed E-state index contributed by atoms with van der Waals surface area (Å²) in [6, 6.07) is 13.8. The number of hydrogen-bond acceptors (Lipinski definition) is 6. The molecule has 0 spiro atoms. The van der Waals surface area contributed by atoms with Crippen molar-refractivity contribution in [1.82, 2.24) is 14.5 Å². The van der Waals surface area contributed by atoms with Crippen LogP contribution < -0.4 is 15.4 Å². The molecule has 2 aliphatic rings. The molecule has 0 unspecified atom stereocenters. The molecular weight excluding hydrogens is 464 g/mol. The van der Waals surface area contributed by atoms with E-state index in [2.05, 4.69) is 10.6 Å². The Morgan fingerprint density at radius 3 is 2.37 bits per heavy atom. The summed E-state index contributed by atoms with van der Waals surface area (Å²) in [5.41, 5.74) is 1.71. The normalized spacial score (nSPS) is 22.6. The van der Waals surface area contributed by atoms with E-state index in [0.717, 1.165) is 42.9 Å². The second kappa shape index (κ2) is 11.1. The Labute approximate surface area is 208 Å². The molecule has 0 bridgehead atoms. The highest BCUT2D eigenvalue weighted by Gasteiger charge is 2.38. The Morgan fingerprint density at radius 2 is 1.71 bits per heavy atom. The van der Waals surface area contributed by atoms with Gasteiger partial charge in [-0.05, 0) is 70.5 Å². The maximum atomic E-state index is 13.2. The van der Waals surface area contributed by atoms with Gasteiger partial charge in [-0.3, -0.25) is 9.69 Å². The minimum atomic E-state index is -3.60. The second-order valence-corrected chi connectivity index (χ2v) is 11.5. The summed E-state index contributed by atoms with van der Waals surface area (Å²) < 4.78 is 34.1. The zero-order valence-corrected chi connectivity index (χ0v) is 21.6. The fourth-order valence-electron chi connectivity index (χ4n) is 5.04. The molecular formula is C26H36N4O4S. The van der Waals surface area contributed by atoms with Gasteiger partial charge in [0.1, 0.15) is 11.9 Å². The van der Waals surface area contributed by atoms with Gasteiger partial charge in [-0.15, -0.1) is 0 Å². The van der Waals surface area contributed by atoms with Gasteiger partial charge in [0.25, 0.3) is 0 Å². The fraction of sp³-hybridized carbons (Fsp3) is 0.500. The van der Waals surface area contributed by atoms with Gasteiger partial charge >= 0.3 is 0 Å². The maximum Gasteiger partial charge on any atom is 0.243 e. The summed E-state index contributed by atoms with van der Waals surface area (Å²) in [4.78, 5) is 15.2. The van der Waals surface area contributed by atoms with Crippen molar-refractivity contribution in [3.8, 4) is 5.75 Å². The van der Waals surface area contributed by atoms with Crippen LogP contribution in [0.15, 0.2) is 53.4 Å². The molecule has 0 aromatic heterocycles. The van der Waals surface area contributed by atoms with Gasteiger partial charge in [0.15, 0.2) is 0 Å². The van der Waals surface area contributed by atoms with Gasteiger partial charge in [0.05, 0.1) is 11.4 Å². The van der Waals surface area contributed by atoms with E-state index in [9.17, 15) is 13.2 Å². The quantitative estimate of drug-likeness (QED) is 0.608. The second-order valence-electron chi connectivity index (χ2n) is 9.63. The zero-order chi connectivity index (χ0) is 25.0. The highest BCUT2D eigenvalue weighted by atomic mass is 32.2. The molecule has 2 heterocycles. The predicted octanol–water partition coefficient (Wildman–Crippen LogP) is 2.85. The summed E-state index contributed by atoms with van der Waals surface area (Å²) in [5.74, 6) is 0.644. The SMILES string of the molecule is Cc1ccc(OC2CCNCC2)cc1NC(=O)CN1C[C@@H](C)N(S(=O)(=O)c2ccccc2)[C@@H](C)C1. The Morgan fingerprint density at radius 1 is 1.06 bits per heavy atom. The molecule has 35 heavy (non-hydrogen) atoms. The molecule has 190 valence electrons. The van der Waals surface area contributed by atoms with Crippen molar-refractivity contribution in [2.24, 2.45) is 0 Å². The number of amides is 1. The van der Waals surface area contributed by atoms with Gasteiger partial charge in [-0.25, -0.2) is 8.42 Å². The number of piperidine rings is 1. The first-order valence-electron chi connectivity index (χ1n) is 12.3. The zero-order valence-electron chi connectivity index (χ0n) is 20.7. The van der Waals surface area contributed by atoms with Gasteiger partial charge in [-0.2, -0.15) is 4.31 Å². The first-order chi connectivity index (χ1) is 16.7. The Hall–Kier alpha value is -2.46. The van der Waals surface area contributed by atoms with E-state index in [1.807, 2.05) is 43.9 Å². The van der Waals surface area contributed by atoms with Crippen molar-refractivity contribution in [2.45, 2.75) is 56.7 Å². The number of carbonyl (C=O) groups is 1. The molecule has 2 aliphatic heterocycles. The van der Waals surface area contributed by atoms with Crippen LogP contribution in [0, 0.1) is 6.92 Å². The standard InChI is InChI=1S/C26H36N4O4S/c1-19-9-10-23(34-22-11-13-27-14-12-22)15-25(19)28-26(31)18-29-16-20(2)30(21(3)17-29)35(32,33)24-7-5-4-6-8-24/h4-10,15,20-22,27H,11-14,16-18H2,1-3H3,(H,28,31)/t20-,21+. The average Bonchev–Trinajstić information content (AvgIpc) is 2.82. The van der Waals surface area contributed by atoms with Crippen molar-refractivity contribution in [2.75, 3.05) is 38.0 Å². The Bertz CT molecular complexity index is 1110. The lowest BCUT2D eigenvalue weighted by Crippen LogP contribution is -2.59. The number of hydrogen-bond donors (Lipinski definition) is 2. The molecule has 2 aromatic carbocycles. The molecule has 2 aromatic rings. The smallest absolute Gasteiger partial charge is 0.243 e. The van der Waals surface area contributed by atoms with Crippen LogP contribution >= 0.6 is 0 Å². The van der Waals surface area contributed by atoms with E-state index in [4.69, 9.17) is 4.74 Å². The van der Waals surface area contributed by atoms with E-state index >= 15 is 0 Å². The van der Waals surface area contributed by atoms with Crippen LogP contribution in [-0.4, -0.2) is 74.4 Å². The summed E-state index contributed by atoms with van der Waals surface area (Å²) in [6.45, 7) is 8.84. The molecule has 0 saturated carbocycles. The third-order valence-electron chi connectivity index (χ3n) is 6.67. The molecule has 0 radical (unpaired) electrons. The van der Waals surface area contributed by atoms with Crippen LogP contribution in [0.1, 0.15) is 32.3 Å². The van der Waals surface area contributed by atoms with Gasteiger partial charge in [0.2, 0.25) is 15.9 Å². The molecule has 2 N–H and O–H groups in total. The van der Waals surface area contributed by atoms with E-state index < -0.39 is 10.0 Å². The number of anilines is 1. The first kappa shape index (κ1) is 25.6. The third kappa shape index (κ3) is 6.22. The summed E-state index contributed by atoms with van der Waals surface area (Å²) in [5, 5.41) is 6.36. The summed E-state index contributed by atoms with van der Waals surface area (Å²) in [7, 11) is -3.60. The van der Waals surface area contributed by atoms with Crippen LogP contribution in [-0.2, 0) is 14.8 Å². The monoisotopic (exact) mass is 500 g/mol. The van der Waals surface area contributed by atoms with Crippen LogP contribution in [0.3, 0.4) is 0 Å². The number of sulfonamides is 1. The minimum Gasteiger partial charge on any atom is -0.490 e. The van der Waals surface area contributed by atoms with E-state index in [0.29, 0.717) is 18.0 Å². The van der Waals surface area contributed by atoms with Crippen LogP contribution in [0.2, 0.25) is 0 Å². The summed E-state index contributed by atoms with van der Waals surface area (Å²) >= 11 is 0. The molecule has 9 heteroatoms. The number of benzene rings is 2. The number of carbonyl (C=O) groups excluding carboxylic acids is 1. The lowest BCUT2D eigenvalue weighted by Gasteiger charge is -2.43. The first-order valence-corrected chi connectivity index (χ1v) is 13.8. The number of piperazine rings is 1. The maximum absolute atomic E-state index is 13.2. The van der Waals surface area contributed by atoms with Crippen molar-refractivity contribution in [1.29, 1.82) is 0 Å². The predicted molar refractivity (Wildman–Crippen MR) is 137 cm³/mol. The molecule has 1 amide bonds.